The fraction of sp³-hybridized carbons (Fsp3) is 0.692. The average Bonchev–Trinajstić information content (AvgIpc) is 3.13. The summed E-state index contributed by atoms with van der Waals surface area (Å²) in [5.74, 6) is 1.72. The number of fused-ring (bicyclic) bond motifs is 1. The van der Waals surface area contributed by atoms with E-state index in [0.29, 0.717) is 5.92 Å². The van der Waals surface area contributed by atoms with Crippen LogP contribution in [0.5, 0.6) is 0 Å². The molecular weight excluding hydrogens is 228 g/mol. The Morgan fingerprint density at radius 2 is 2.17 bits per heavy atom. The standard InChI is InChI=1S/C13H20N4O/c1-14-10-4-3-7-17-12(16(2)13(10)18)8-11(15-17)9-5-6-9/h8-10,14H,3-7H2,1-2H3. The van der Waals surface area contributed by atoms with Gasteiger partial charge in [0.05, 0.1) is 11.7 Å². The zero-order valence-corrected chi connectivity index (χ0v) is 11.0. The molecule has 1 aromatic rings. The van der Waals surface area contributed by atoms with Gasteiger partial charge in [-0.15, -0.1) is 0 Å². The van der Waals surface area contributed by atoms with Crippen molar-refractivity contribution in [1.82, 2.24) is 15.1 Å². The molecule has 2 aliphatic rings. The van der Waals surface area contributed by atoms with Gasteiger partial charge in [-0.1, -0.05) is 0 Å². The number of hydrogen-bond acceptors (Lipinski definition) is 3. The zero-order valence-electron chi connectivity index (χ0n) is 11.0. The summed E-state index contributed by atoms with van der Waals surface area (Å²) in [5, 5.41) is 7.76. The molecule has 0 saturated heterocycles. The topological polar surface area (TPSA) is 50.2 Å². The van der Waals surface area contributed by atoms with Gasteiger partial charge >= 0.3 is 0 Å². The van der Waals surface area contributed by atoms with E-state index in [0.717, 1.165) is 30.9 Å². The van der Waals surface area contributed by atoms with Gasteiger partial charge in [0.25, 0.3) is 0 Å². The molecule has 1 atom stereocenters. The molecule has 1 fully saturated rings. The molecule has 1 aliphatic carbocycles. The number of nitrogens with zero attached hydrogens (tertiary/aromatic N) is 3. The molecule has 2 heterocycles. The van der Waals surface area contributed by atoms with Crippen molar-refractivity contribution in [2.45, 2.75) is 44.2 Å². The minimum atomic E-state index is -0.0666. The van der Waals surface area contributed by atoms with Crippen LogP contribution in [0.25, 0.3) is 0 Å². The van der Waals surface area contributed by atoms with Crippen molar-refractivity contribution in [3.63, 3.8) is 0 Å². The van der Waals surface area contributed by atoms with Crippen LogP contribution in [-0.2, 0) is 11.3 Å². The molecule has 0 bridgehead atoms. The maximum atomic E-state index is 12.3. The van der Waals surface area contributed by atoms with E-state index in [1.54, 1.807) is 4.90 Å². The van der Waals surface area contributed by atoms with Gasteiger partial charge in [-0.2, -0.15) is 5.10 Å². The van der Waals surface area contributed by atoms with Crippen LogP contribution in [0.15, 0.2) is 6.07 Å². The van der Waals surface area contributed by atoms with Gasteiger partial charge in [0, 0.05) is 25.6 Å². The molecule has 1 N–H and O–H groups in total. The van der Waals surface area contributed by atoms with Gasteiger partial charge in [-0.25, -0.2) is 4.68 Å². The second-order valence-electron chi connectivity index (χ2n) is 5.31. The molecule has 0 spiro atoms. The Hall–Kier alpha value is -1.36. The van der Waals surface area contributed by atoms with Gasteiger partial charge in [0.15, 0.2) is 0 Å². The van der Waals surface area contributed by atoms with Crippen molar-refractivity contribution in [2.75, 3.05) is 19.0 Å². The van der Waals surface area contributed by atoms with E-state index >= 15 is 0 Å². The molecule has 1 unspecified atom stereocenters. The van der Waals surface area contributed by atoms with Crippen molar-refractivity contribution >= 4 is 11.7 Å². The molecule has 5 nitrogen and oxygen atoms in total. The highest BCUT2D eigenvalue weighted by molar-refractivity contribution is 5.96. The number of aryl methyl sites for hydroxylation is 1. The first kappa shape index (κ1) is 11.7. The Morgan fingerprint density at radius 3 is 2.83 bits per heavy atom. The van der Waals surface area contributed by atoms with E-state index in [4.69, 9.17) is 0 Å². The van der Waals surface area contributed by atoms with Crippen LogP contribution in [0.1, 0.15) is 37.3 Å². The van der Waals surface area contributed by atoms with Gasteiger partial charge in [0.1, 0.15) is 5.82 Å². The van der Waals surface area contributed by atoms with Crippen molar-refractivity contribution in [1.29, 1.82) is 0 Å². The number of carbonyl (C=O) groups excluding carboxylic acids is 1. The van der Waals surface area contributed by atoms with Crippen molar-refractivity contribution < 1.29 is 4.79 Å². The van der Waals surface area contributed by atoms with Gasteiger partial charge in [-0.05, 0) is 32.7 Å². The van der Waals surface area contributed by atoms with E-state index in [1.165, 1.54) is 12.8 Å². The Balaban J connectivity index is 1.93. The first-order valence-corrected chi connectivity index (χ1v) is 6.73. The van der Waals surface area contributed by atoms with E-state index in [9.17, 15) is 4.79 Å². The fourth-order valence-electron chi connectivity index (χ4n) is 2.62. The SMILES string of the molecule is CNC1CCCn2nc(C3CC3)cc2N(C)C1=O. The summed E-state index contributed by atoms with van der Waals surface area (Å²) >= 11 is 0. The van der Waals surface area contributed by atoms with Crippen LogP contribution in [0.4, 0.5) is 5.82 Å². The van der Waals surface area contributed by atoms with E-state index < -0.39 is 0 Å². The van der Waals surface area contributed by atoms with Crippen LogP contribution >= 0.6 is 0 Å². The fourth-order valence-corrected chi connectivity index (χ4v) is 2.62. The molecule has 98 valence electrons. The summed E-state index contributed by atoms with van der Waals surface area (Å²) in [6.07, 6.45) is 4.35. The maximum Gasteiger partial charge on any atom is 0.244 e. The van der Waals surface area contributed by atoms with E-state index in [1.807, 2.05) is 18.8 Å². The lowest BCUT2D eigenvalue weighted by Gasteiger charge is -2.26. The monoisotopic (exact) mass is 248 g/mol. The normalized spacial score (nSPS) is 24.7. The zero-order chi connectivity index (χ0) is 12.7. The molecule has 5 heteroatoms. The average molecular weight is 248 g/mol. The lowest BCUT2D eigenvalue weighted by Crippen LogP contribution is -2.45. The number of likely N-dealkylation sites (N-methyl/N-ethyl adjacent to an activating group) is 2. The third kappa shape index (κ3) is 1.92. The Morgan fingerprint density at radius 1 is 1.39 bits per heavy atom. The summed E-state index contributed by atoms with van der Waals surface area (Å²) in [7, 11) is 3.70. The van der Waals surface area contributed by atoms with Crippen LogP contribution in [-0.4, -0.2) is 35.8 Å². The first-order valence-electron chi connectivity index (χ1n) is 6.73. The third-order valence-electron chi connectivity index (χ3n) is 3.96. The van der Waals surface area contributed by atoms with E-state index in [2.05, 4.69) is 16.5 Å². The second-order valence-corrected chi connectivity index (χ2v) is 5.31. The summed E-state index contributed by atoms with van der Waals surface area (Å²) < 4.78 is 2.00. The highest BCUT2D eigenvalue weighted by Crippen LogP contribution is 2.40. The highest BCUT2D eigenvalue weighted by Gasteiger charge is 2.31. The molecule has 1 aliphatic heterocycles. The molecule has 18 heavy (non-hydrogen) atoms. The lowest BCUT2D eigenvalue weighted by atomic mass is 10.1. The maximum absolute atomic E-state index is 12.3. The molecule has 1 aromatic heterocycles. The summed E-state index contributed by atoms with van der Waals surface area (Å²) in [6, 6.07) is 2.02. The molecule has 3 rings (SSSR count). The largest absolute Gasteiger partial charge is 0.309 e. The van der Waals surface area contributed by atoms with Crippen LogP contribution in [0.3, 0.4) is 0 Å². The smallest absolute Gasteiger partial charge is 0.244 e. The van der Waals surface area contributed by atoms with Crippen LogP contribution < -0.4 is 10.2 Å². The number of anilines is 1. The molecule has 0 radical (unpaired) electrons. The Labute approximate surface area is 107 Å². The number of carbonyl (C=O) groups is 1. The highest BCUT2D eigenvalue weighted by atomic mass is 16.2. The summed E-state index contributed by atoms with van der Waals surface area (Å²) in [5.41, 5.74) is 1.16. The quantitative estimate of drug-likeness (QED) is 0.853. The lowest BCUT2D eigenvalue weighted by molar-refractivity contribution is -0.120. The Bertz CT molecular complexity index is 464. The predicted octanol–water partition coefficient (Wildman–Crippen LogP) is 1.11. The second kappa shape index (κ2) is 4.39. The summed E-state index contributed by atoms with van der Waals surface area (Å²) in [4.78, 5) is 14.1. The number of hydrogen-bond donors (Lipinski definition) is 1. The summed E-state index contributed by atoms with van der Waals surface area (Å²) in [6.45, 7) is 0.901. The number of amides is 1. The molecular formula is C13H20N4O. The van der Waals surface area contributed by atoms with E-state index in [-0.39, 0.29) is 11.9 Å². The molecule has 1 saturated carbocycles. The minimum absolute atomic E-state index is 0.0666. The van der Waals surface area contributed by atoms with Crippen molar-refractivity contribution in [3.05, 3.63) is 11.8 Å². The number of rotatable bonds is 2. The molecule has 0 aromatic carbocycles. The first-order chi connectivity index (χ1) is 8.70. The predicted molar refractivity (Wildman–Crippen MR) is 69.7 cm³/mol. The van der Waals surface area contributed by atoms with Crippen molar-refractivity contribution in [3.8, 4) is 0 Å². The van der Waals surface area contributed by atoms with Gasteiger partial charge < -0.3 is 5.32 Å². The van der Waals surface area contributed by atoms with Crippen molar-refractivity contribution in [2.24, 2.45) is 0 Å². The number of aromatic nitrogens is 2. The van der Waals surface area contributed by atoms with Gasteiger partial charge in [-0.3, -0.25) is 9.69 Å². The minimum Gasteiger partial charge on any atom is -0.309 e. The number of nitrogens with one attached hydrogen (secondary N) is 1. The Kier molecular flexibility index (Phi) is 2.86. The van der Waals surface area contributed by atoms with Gasteiger partial charge in [0.2, 0.25) is 5.91 Å². The van der Waals surface area contributed by atoms with Crippen LogP contribution in [0, 0.1) is 0 Å². The third-order valence-corrected chi connectivity index (χ3v) is 3.96. The van der Waals surface area contributed by atoms with Crippen LogP contribution in [0.2, 0.25) is 0 Å². The molecule has 1 amide bonds.